The largest absolute Gasteiger partial charge is 0.378 e. The Hall–Kier alpha value is -3.98. The van der Waals surface area contributed by atoms with Gasteiger partial charge < -0.3 is 15.0 Å². The van der Waals surface area contributed by atoms with Gasteiger partial charge in [0, 0.05) is 53.3 Å². The summed E-state index contributed by atoms with van der Waals surface area (Å²) in [7, 11) is 0. The molecule has 1 aromatic heterocycles. The van der Waals surface area contributed by atoms with Crippen molar-refractivity contribution >= 4 is 28.7 Å². The van der Waals surface area contributed by atoms with E-state index in [1.54, 1.807) is 6.92 Å². The molecule has 1 saturated heterocycles. The summed E-state index contributed by atoms with van der Waals surface area (Å²) < 4.78 is 35.5. The van der Waals surface area contributed by atoms with Crippen LogP contribution in [0, 0.1) is 11.6 Å². The van der Waals surface area contributed by atoms with Crippen molar-refractivity contribution < 1.29 is 18.3 Å². The first kappa shape index (κ1) is 22.8. The Balaban J connectivity index is 1.61. The molecule has 5 rings (SSSR count). The molecule has 2 aliphatic heterocycles. The van der Waals surface area contributed by atoms with Gasteiger partial charge in [-0.3, -0.25) is 9.79 Å². The number of ether oxygens (including phenoxy) is 1. The zero-order valence-corrected chi connectivity index (χ0v) is 19.1. The summed E-state index contributed by atoms with van der Waals surface area (Å²) in [5.74, 6) is -3.07. The smallest absolute Gasteiger partial charge is 0.237 e. The van der Waals surface area contributed by atoms with Gasteiger partial charge in [-0.15, -0.1) is 0 Å². The van der Waals surface area contributed by atoms with Crippen LogP contribution in [0.4, 0.5) is 14.5 Å². The number of amides is 1. The van der Waals surface area contributed by atoms with Gasteiger partial charge in [-0.1, -0.05) is 12.7 Å². The number of fused-ring (bicyclic) bond motifs is 1. The van der Waals surface area contributed by atoms with E-state index in [2.05, 4.69) is 31.8 Å². The van der Waals surface area contributed by atoms with Gasteiger partial charge in [0.15, 0.2) is 0 Å². The lowest BCUT2D eigenvalue weighted by Gasteiger charge is -2.29. The van der Waals surface area contributed by atoms with E-state index in [4.69, 9.17) is 4.74 Å². The lowest BCUT2D eigenvalue weighted by atomic mass is 9.92. The molecule has 35 heavy (non-hydrogen) atoms. The van der Waals surface area contributed by atoms with Gasteiger partial charge in [0.2, 0.25) is 5.91 Å². The van der Waals surface area contributed by atoms with Crippen LogP contribution in [0.5, 0.6) is 0 Å². The molecule has 1 fully saturated rings. The van der Waals surface area contributed by atoms with Crippen molar-refractivity contribution in [3.63, 3.8) is 0 Å². The lowest BCUT2D eigenvalue weighted by molar-refractivity contribution is -0.120. The van der Waals surface area contributed by atoms with Crippen LogP contribution < -0.4 is 10.2 Å². The zero-order chi connectivity index (χ0) is 24.5. The number of carbonyl (C=O) groups excluding carboxylic acids is 1. The number of morpholine rings is 1. The molecule has 2 aliphatic rings. The molecule has 1 atom stereocenters. The number of benzene rings is 2. The predicted octanol–water partition coefficient (Wildman–Crippen LogP) is 4.11. The van der Waals surface area contributed by atoms with Crippen molar-refractivity contribution in [2.75, 3.05) is 31.2 Å². The monoisotopic (exact) mass is 475 g/mol. The van der Waals surface area contributed by atoms with Crippen LogP contribution >= 0.6 is 0 Å². The van der Waals surface area contributed by atoms with Crippen LogP contribution in [-0.2, 0) is 9.53 Å². The van der Waals surface area contributed by atoms with Crippen LogP contribution in [0.1, 0.15) is 18.4 Å². The summed E-state index contributed by atoms with van der Waals surface area (Å²) in [6.45, 7) is 8.11. The molecule has 1 amide bonds. The fourth-order valence-corrected chi connectivity index (χ4v) is 4.50. The molecule has 1 N–H and O–H groups in total. The average molecular weight is 475 g/mol. The number of hydrogen-bond donors (Lipinski definition) is 1. The highest BCUT2D eigenvalue weighted by Gasteiger charge is 2.35. The van der Waals surface area contributed by atoms with Gasteiger partial charge in [-0.25, -0.2) is 18.7 Å². The zero-order valence-electron chi connectivity index (χ0n) is 19.1. The average Bonchev–Trinajstić information content (AvgIpc) is 3.15. The van der Waals surface area contributed by atoms with Gasteiger partial charge in [-0.2, -0.15) is 0 Å². The molecule has 0 spiro atoms. The number of carbonyl (C=O) groups is 1. The van der Waals surface area contributed by atoms with Crippen LogP contribution in [0.15, 0.2) is 65.7 Å². The van der Waals surface area contributed by atoms with E-state index in [9.17, 15) is 4.79 Å². The SMILES string of the molecule is C=C/C=N\C1=C(C)NC(=O)C1c1cc(-c2ncnc3cc(N4CCOCC4)ccc23)c(F)cc1F. The van der Waals surface area contributed by atoms with Gasteiger partial charge in [0.1, 0.15) is 23.9 Å². The molecule has 178 valence electrons. The van der Waals surface area contributed by atoms with Crippen molar-refractivity contribution in [3.8, 4) is 11.3 Å². The molecule has 0 saturated carbocycles. The van der Waals surface area contributed by atoms with Gasteiger partial charge in [0.05, 0.1) is 30.1 Å². The normalized spacial score (nSPS) is 18.5. The molecule has 3 heterocycles. The molecular weight excluding hydrogens is 452 g/mol. The van der Waals surface area contributed by atoms with Crippen LogP contribution in [-0.4, -0.2) is 48.4 Å². The highest BCUT2D eigenvalue weighted by atomic mass is 19.1. The third-order valence-electron chi connectivity index (χ3n) is 6.20. The first-order valence-electron chi connectivity index (χ1n) is 11.2. The molecule has 2 aromatic carbocycles. The van der Waals surface area contributed by atoms with Crippen molar-refractivity contribution in [3.05, 3.63) is 77.9 Å². The van der Waals surface area contributed by atoms with E-state index >= 15 is 8.78 Å². The minimum Gasteiger partial charge on any atom is -0.378 e. The van der Waals surface area contributed by atoms with E-state index in [1.165, 1.54) is 24.7 Å². The topological polar surface area (TPSA) is 79.7 Å². The number of halogens is 2. The summed E-state index contributed by atoms with van der Waals surface area (Å²) in [6.07, 6.45) is 4.25. The molecule has 0 radical (unpaired) electrons. The van der Waals surface area contributed by atoms with Crippen molar-refractivity contribution in [1.82, 2.24) is 15.3 Å². The summed E-state index contributed by atoms with van der Waals surface area (Å²) in [5.41, 5.74) is 2.90. The van der Waals surface area contributed by atoms with E-state index in [-0.39, 0.29) is 11.1 Å². The number of aromatic nitrogens is 2. The first-order valence-corrected chi connectivity index (χ1v) is 11.2. The summed E-state index contributed by atoms with van der Waals surface area (Å²) in [4.78, 5) is 27.8. The van der Waals surface area contributed by atoms with Crippen molar-refractivity contribution in [2.24, 2.45) is 4.99 Å². The number of nitrogens with one attached hydrogen (secondary N) is 1. The Morgan fingerprint density at radius 1 is 1.17 bits per heavy atom. The van der Waals surface area contributed by atoms with E-state index in [0.29, 0.717) is 41.2 Å². The maximum absolute atomic E-state index is 15.1. The van der Waals surface area contributed by atoms with Crippen LogP contribution in [0.2, 0.25) is 0 Å². The molecule has 1 unspecified atom stereocenters. The highest BCUT2D eigenvalue weighted by Crippen LogP contribution is 2.38. The van der Waals surface area contributed by atoms with Gasteiger partial charge >= 0.3 is 0 Å². The maximum Gasteiger partial charge on any atom is 0.237 e. The third-order valence-corrected chi connectivity index (χ3v) is 6.20. The number of aliphatic imine (C=N–C) groups is 1. The third kappa shape index (κ3) is 4.19. The minimum atomic E-state index is -1.02. The summed E-state index contributed by atoms with van der Waals surface area (Å²) >= 11 is 0. The van der Waals surface area contributed by atoms with Gasteiger partial charge in [0.25, 0.3) is 0 Å². The Bertz CT molecular complexity index is 1400. The second-order valence-corrected chi connectivity index (χ2v) is 8.32. The van der Waals surface area contributed by atoms with E-state index in [1.807, 2.05) is 18.2 Å². The Morgan fingerprint density at radius 3 is 2.74 bits per heavy atom. The molecule has 0 bridgehead atoms. The lowest BCUT2D eigenvalue weighted by Crippen LogP contribution is -2.36. The van der Waals surface area contributed by atoms with Crippen molar-refractivity contribution in [2.45, 2.75) is 12.8 Å². The predicted molar refractivity (Wildman–Crippen MR) is 130 cm³/mol. The second-order valence-electron chi connectivity index (χ2n) is 8.32. The minimum absolute atomic E-state index is 0.0173. The Morgan fingerprint density at radius 2 is 1.97 bits per heavy atom. The maximum atomic E-state index is 15.1. The number of rotatable bonds is 5. The summed E-state index contributed by atoms with van der Waals surface area (Å²) in [5, 5.41) is 3.30. The Labute approximate surface area is 200 Å². The van der Waals surface area contributed by atoms with Gasteiger partial charge in [-0.05, 0) is 31.2 Å². The number of nitrogens with zero attached hydrogens (tertiary/aromatic N) is 4. The van der Waals surface area contributed by atoms with Crippen molar-refractivity contribution in [1.29, 1.82) is 0 Å². The molecule has 0 aliphatic carbocycles. The molecular formula is C26H23F2N5O2. The van der Waals surface area contributed by atoms with E-state index < -0.39 is 23.5 Å². The molecule has 3 aromatic rings. The molecule has 9 heteroatoms. The number of anilines is 1. The summed E-state index contributed by atoms with van der Waals surface area (Å²) in [6, 6.07) is 7.82. The van der Waals surface area contributed by atoms with Crippen LogP contribution in [0.25, 0.3) is 22.2 Å². The van der Waals surface area contributed by atoms with Crippen LogP contribution in [0.3, 0.4) is 0 Å². The quantitative estimate of drug-likeness (QED) is 0.562. The highest BCUT2D eigenvalue weighted by molar-refractivity contribution is 5.96. The molecule has 7 nitrogen and oxygen atoms in total. The number of hydrogen-bond acceptors (Lipinski definition) is 6. The Kier molecular flexibility index (Phi) is 6.08. The van der Waals surface area contributed by atoms with E-state index in [0.717, 1.165) is 24.8 Å². The number of allylic oxidation sites excluding steroid dienone is 2. The second kappa shape index (κ2) is 9.34. The first-order chi connectivity index (χ1) is 17.0. The standard InChI is InChI=1S/C26H23F2N5O2/c1-3-6-29-24-15(2)32-26(34)23(24)18-12-19(21(28)13-20(18)27)25-17-5-4-16(11-22(17)30-14-31-25)33-7-9-35-10-8-33/h3-6,11-14,23H,1,7-10H2,2H3,(H,32,34)/b29-6-. The fraction of sp³-hybridized carbons (Fsp3) is 0.231. The fourth-order valence-electron chi connectivity index (χ4n) is 4.50.